The van der Waals surface area contributed by atoms with E-state index in [1.165, 1.54) is 0 Å². The molecule has 170 valence electrons. The molecule has 0 bridgehead atoms. The van der Waals surface area contributed by atoms with Gasteiger partial charge in [-0.05, 0) is 61.1 Å². The Bertz CT molecular complexity index is 1040. The van der Waals surface area contributed by atoms with Crippen LogP contribution in [0.3, 0.4) is 0 Å². The van der Waals surface area contributed by atoms with Crippen molar-refractivity contribution in [1.82, 2.24) is 0 Å². The van der Waals surface area contributed by atoms with Crippen molar-refractivity contribution in [2.24, 2.45) is 0 Å². The molecule has 2 aromatic rings. The monoisotopic (exact) mass is 439 g/mol. The normalized spacial score (nSPS) is 13.1. The zero-order valence-electron chi connectivity index (χ0n) is 18.7. The molecule has 0 radical (unpaired) electrons. The molecule has 0 unspecified atom stereocenters. The Kier molecular flexibility index (Phi) is 7.53. The topological polar surface area (TPSA) is 108 Å². The number of carboxylic acid groups (broad SMARTS) is 1. The summed E-state index contributed by atoms with van der Waals surface area (Å²) < 4.78 is 16.4. The van der Waals surface area contributed by atoms with Crippen molar-refractivity contribution in [3.63, 3.8) is 0 Å². The molecule has 7 heteroatoms. The van der Waals surface area contributed by atoms with E-state index in [0.717, 1.165) is 39.1 Å². The highest BCUT2D eigenvalue weighted by Crippen LogP contribution is 2.36. The highest BCUT2D eigenvalue weighted by atomic mass is 16.5. The molecule has 0 saturated carbocycles. The van der Waals surface area contributed by atoms with E-state index in [1.807, 2.05) is 44.2 Å². The van der Waals surface area contributed by atoms with Gasteiger partial charge in [0.1, 0.15) is 12.4 Å². The fourth-order valence-electron chi connectivity index (χ4n) is 3.80. The predicted octanol–water partition coefficient (Wildman–Crippen LogP) is 4.33. The predicted molar refractivity (Wildman–Crippen MR) is 121 cm³/mol. The van der Waals surface area contributed by atoms with Gasteiger partial charge < -0.3 is 25.1 Å². The van der Waals surface area contributed by atoms with Gasteiger partial charge in [0.2, 0.25) is 0 Å². The first-order valence-electron chi connectivity index (χ1n) is 10.5. The number of nitrogens with two attached hydrogens (primary N) is 1. The van der Waals surface area contributed by atoms with Gasteiger partial charge in [-0.3, -0.25) is 4.79 Å². The number of hydrogen-bond donors (Lipinski definition) is 2. The third-order valence-electron chi connectivity index (χ3n) is 5.78. The van der Waals surface area contributed by atoms with Gasteiger partial charge in [-0.25, -0.2) is 4.79 Å². The van der Waals surface area contributed by atoms with Crippen LogP contribution in [0.15, 0.2) is 35.9 Å². The van der Waals surface area contributed by atoms with E-state index < -0.39 is 11.9 Å². The van der Waals surface area contributed by atoms with E-state index in [4.69, 9.17) is 25.1 Å². The molecule has 0 saturated heterocycles. The standard InChI is InChI=1S/C25H29NO6/c1-15(5-11-22(27)28)4-10-19-20(13-31-12-17-6-8-18(30-3)9-7-17)16(2)21-14-32-25(29)23(21)24(19)26/h4,6-9H,5,10-14,26H2,1-3H3,(H,27,28). The van der Waals surface area contributed by atoms with Crippen molar-refractivity contribution in [2.45, 2.75) is 52.9 Å². The Morgan fingerprint density at radius 2 is 1.91 bits per heavy atom. The van der Waals surface area contributed by atoms with E-state index in [0.29, 0.717) is 37.3 Å². The van der Waals surface area contributed by atoms with Crippen LogP contribution in [-0.2, 0) is 40.5 Å². The van der Waals surface area contributed by atoms with Crippen molar-refractivity contribution in [3.05, 3.63) is 69.3 Å². The lowest BCUT2D eigenvalue weighted by Crippen LogP contribution is -2.11. The zero-order chi connectivity index (χ0) is 23.3. The second kappa shape index (κ2) is 10.3. The van der Waals surface area contributed by atoms with Crippen LogP contribution >= 0.6 is 0 Å². The highest BCUT2D eigenvalue weighted by Gasteiger charge is 2.30. The number of cyclic esters (lactones) is 1. The second-order valence-corrected chi connectivity index (χ2v) is 7.91. The molecular formula is C25H29NO6. The largest absolute Gasteiger partial charge is 0.497 e. The van der Waals surface area contributed by atoms with Crippen LogP contribution in [0.2, 0.25) is 0 Å². The Hall–Kier alpha value is -3.32. The average molecular weight is 440 g/mol. The summed E-state index contributed by atoms with van der Waals surface area (Å²) >= 11 is 0. The van der Waals surface area contributed by atoms with Crippen molar-refractivity contribution in [2.75, 3.05) is 12.8 Å². The smallest absolute Gasteiger partial charge is 0.341 e. The lowest BCUT2D eigenvalue weighted by molar-refractivity contribution is -0.136. The number of ether oxygens (including phenoxy) is 3. The summed E-state index contributed by atoms with van der Waals surface area (Å²) in [6.07, 6.45) is 2.99. The third kappa shape index (κ3) is 5.29. The fourth-order valence-corrected chi connectivity index (χ4v) is 3.80. The van der Waals surface area contributed by atoms with Crippen LogP contribution in [-0.4, -0.2) is 24.2 Å². The van der Waals surface area contributed by atoms with E-state index in [1.54, 1.807) is 7.11 Å². The number of rotatable bonds is 10. The molecule has 1 heterocycles. The highest BCUT2D eigenvalue weighted by molar-refractivity contribution is 6.00. The van der Waals surface area contributed by atoms with Crippen LogP contribution in [0.1, 0.15) is 57.9 Å². The van der Waals surface area contributed by atoms with Crippen LogP contribution < -0.4 is 10.5 Å². The third-order valence-corrected chi connectivity index (χ3v) is 5.78. The van der Waals surface area contributed by atoms with Gasteiger partial charge in [-0.15, -0.1) is 0 Å². The van der Waals surface area contributed by atoms with Crippen molar-refractivity contribution in [1.29, 1.82) is 0 Å². The number of hydrogen-bond acceptors (Lipinski definition) is 6. The summed E-state index contributed by atoms with van der Waals surface area (Å²) in [5, 5.41) is 8.91. The summed E-state index contributed by atoms with van der Waals surface area (Å²) in [7, 11) is 1.63. The van der Waals surface area contributed by atoms with Gasteiger partial charge in [0, 0.05) is 12.0 Å². The molecule has 0 spiro atoms. The summed E-state index contributed by atoms with van der Waals surface area (Å²) in [6, 6.07) is 7.67. The van der Waals surface area contributed by atoms with Crippen molar-refractivity contribution in [3.8, 4) is 5.75 Å². The molecule has 32 heavy (non-hydrogen) atoms. The molecule has 0 amide bonds. The van der Waals surface area contributed by atoms with Gasteiger partial charge in [0.15, 0.2) is 0 Å². The number of carboxylic acids is 1. The molecule has 3 N–H and O–H groups in total. The number of carbonyl (C=O) groups is 2. The first kappa shape index (κ1) is 23.3. The fraction of sp³-hybridized carbons (Fsp3) is 0.360. The molecule has 1 aliphatic heterocycles. The van der Waals surface area contributed by atoms with Crippen LogP contribution in [0.5, 0.6) is 5.75 Å². The molecule has 3 rings (SSSR count). The van der Waals surface area contributed by atoms with E-state index in [-0.39, 0.29) is 13.0 Å². The molecule has 0 atom stereocenters. The Morgan fingerprint density at radius 1 is 1.19 bits per heavy atom. The minimum absolute atomic E-state index is 0.0746. The van der Waals surface area contributed by atoms with Crippen LogP contribution in [0.4, 0.5) is 5.69 Å². The molecule has 0 fully saturated rings. The van der Waals surface area contributed by atoms with Crippen LogP contribution in [0.25, 0.3) is 0 Å². The quantitative estimate of drug-likeness (QED) is 0.322. The number of nitrogen functional groups attached to an aromatic ring is 1. The van der Waals surface area contributed by atoms with E-state index >= 15 is 0 Å². The number of methoxy groups -OCH3 is 1. The van der Waals surface area contributed by atoms with Crippen molar-refractivity contribution >= 4 is 17.6 Å². The first-order chi connectivity index (χ1) is 15.3. The average Bonchev–Trinajstić information content (AvgIpc) is 3.17. The summed E-state index contributed by atoms with van der Waals surface area (Å²) in [6.45, 7) is 4.82. The SMILES string of the molecule is COc1ccc(COCc2c(C)c3c(c(N)c2CC=C(C)CCC(=O)O)C(=O)OC3)cc1. The van der Waals surface area contributed by atoms with Crippen LogP contribution in [0, 0.1) is 6.92 Å². The van der Waals surface area contributed by atoms with E-state index in [2.05, 4.69) is 0 Å². The summed E-state index contributed by atoms with van der Waals surface area (Å²) in [4.78, 5) is 23.1. The molecule has 2 aromatic carbocycles. The van der Waals surface area contributed by atoms with Gasteiger partial charge in [0.05, 0.1) is 31.6 Å². The number of aliphatic carboxylic acids is 1. The second-order valence-electron chi connectivity index (χ2n) is 7.91. The van der Waals surface area contributed by atoms with E-state index in [9.17, 15) is 9.59 Å². The lowest BCUT2D eigenvalue weighted by atomic mass is 9.89. The van der Waals surface area contributed by atoms with Gasteiger partial charge in [-0.1, -0.05) is 23.8 Å². The van der Waals surface area contributed by atoms with Gasteiger partial charge in [0.25, 0.3) is 0 Å². The first-order valence-corrected chi connectivity index (χ1v) is 10.5. The summed E-state index contributed by atoms with van der Waals surface area (Å²) in [5.41, 5.74) is 12.8. The molecule has 1 aliphatic rings. The van der Waals surface area contributed by atoms with Gasteiger partial charge in [-0.2, -0.15) is 0 Å². The number of benzene rings is 2. The maximum Gasteiger partial charge on any atom is 0.341 e. The number of carbonyl (C=O) groups excluding carboxylic acids is 1. The number of fused-ring (bicyclic) bond motifs is 1. The minimum Gasteiger partial charge on any atom is -0.497 e. The minimum atomic E-state index is -0.832. The molecule has 0 aromatic heterocycles. The molecular weight excluding hydrogens is 410 g/mol. The Morgan fingerprint density at radius 3 is 2.56 bits per heavy atom. The lowest BCUT2D eigenvalue weighted by Gasteiger charge is -2.18. The maximum atomic E-state index is 12.2. The van der Waals surface area contributed by atoms with Crippen molar-refractivity contribution < 1.29 is 28.9 Å². The number of esters is 1. The number of anilines is 1. The Balaban J connectivity index is 1.84. The van der Waals surface area contributed by atoms with Gasteiger partial charge >= 0.3 is 11.9 Å². The zero-order valence-corrected chi connectivity index (χ0v) is 18.7. The maximum absolute atomic E-state index is 12.2. The summed E-state index contributed by atoms with van der Waals surface area (Å²) in [5.74, 6) is -0.451. The molecule has 7 nitrogen and oxygen atoms in total. The Labute approximate surface area is 187 Å². The number of allylic oxidation sites excluding steroid dienone is 2. The molecule has 0 aliphatic carbocycles.